The van der Waals surface area contributed by atoms with E-state index in [2.05, 4.69) is 15.1 Å². The standard InChI is InChI=1S/C27H27F4N5O2/c1-34-16-32-33-24(34)23(28)26(14-38-15-26)18-5-4-6-19(11-18)36-13-21-20(25(36)37)9-17(10-22(21)27(29,30)31)12-35-7-2-3-8-35/h4-6,9-11,16,23H,2-3,7-8,12-15H2,1H3. The third-order valence-corrected chi connectivity index (χ3v) is 7.92. The number of aromatic nitrogens is 3. The summed E-state index contributed by atoms with van der Waals surface area (Å²) in [4.78, 5) is 16.9. The average molecular weight is 530 g/mol. The van der Waals surface area contributed by atoms with Crippen LogP contribution in [0.4, 0.5) is 23.2 Å². The number of alkyl halides is 4. The Labute approximate surface area is 217 Å². The minimum absolute atomic E-state index is 0.0257. The van der Waals surface area contributed by atoms with E-state index in [1.165, 1.54) is 21.9 Å². The normalized spacial score (nSPS) is 20.0. The summed E-state index contributed by atoms with van der Waals surface area (Å²) in [5.74, 6) is -0.335. The highest BCUT2D eigenvalue weighted by Gasteiger charge is 2.51. The molecule has 0 saturated carbocycles. The summed E-state index contributed by atoms with van der Waals surface area (Å²) in [7, 11) is 1.65. The highest BCUT2D eigenvalue weighted by atomic mass is 19.4. The van der Waals surface area contributed by atoms with Crippen molar-refractivity contribution in [1.29, 1.82) is 0 Å². The largest absolute Gasteiger partial charge is 0.416 e. The van der Waals surface area contributed by atoms with Gasteiger partial charge in [0, 0.05) is 24.8 Å². The zero-order chi connectivity index (χ0) is 26.7. The second kappa shape index (κ2) is 9.16. The van der Waals surface area contributed by atoms with Crippen LogP contribution in [0.25, 0.3) is 0 Å². The fourth-order valence-electron chi connectivity index (χ4n) is 5.75. The van der Waals surface area contributed by atoms with Gasteiger partial charge in [0.25, 0.3) is 5.91 Å². The van der Waals surface area contributed by atoms with Crippen LogP contribution >= 0.6 is 0 Å². The lowest BCUT2D eigenvalue weighted by atomic mass is 9.74. The van der Waals surface area contributed by atoms with E-state index < -0.39 is 29.2 Å². The highest BCUT2D eigenvalue weighted by Crippen LogP contribution is 2.46. The number of likely N-dealkylation sites (tertiary alicyclic amines) is 1. The van der Waals surface area contributed by atoms with Crippen LogP contribution in [0.1, 0.15) is 57.4 Å². The third-order valence-electron chi connectivity index (χ3n) is 7.92. The van der Waals surface area contributed by atoms with E-state index in [0.717, 1.165) is 25.9 Å². The van der Waals surface area contributed by atoms with E-state index in [9.17, 15) is 18.0 Å². The van der Waals surface area contributed by atoms with Crippen molar-refractivity contribution in [2.75, 3.05) is 31.2 Å². The molecule has 38 heavy (non-hydrogen) atoms. The van der Waals surface area contributed by atoms with E-state index in [4.69, 9.17) is 4.74 Å². The Kier molecular flexibility index (Phi) is 6.03. The molecule has 4 heterocycles. The number of aryl methyl sites for hydroxylation is 1. The van der Waals surface area contributed by atoms with Gasteiger partial charge in [0.05, 0.1) is 30.7 Å². The first kappa shape index (κ1) is 25.0. The molecule has 2 fully saturated rings. The van der Waals surface area contributed by atoms with Gasteiger partial charge in [-0.05, 0) is 66.9 Å². The Morgan fingerprint density at radius 1 is 1.13 bits per heavy atom. The Bertz CT molecular complexity index is 1380. The molecule has 0 bridgehead atoms. The molecule has 11 heteroatoms. The molecular formula is C27H27F4N5O2. The minimum atomic E-state index is -4.59. The second-order valence-electron chi connectivity index (χ2n) is 10.4. The van der Waals surface area contributed by atoms with Gasteiger partial charge in [0.1, 0.15) is 6.33 Å². The molecule has 0 spiro atoms. The van der Waals surface area contributed by atoms with Gasteiger partial charge in [-0.3, -0.25) is 9.69 Å². The van der Waals surface area contributed by atoms with Crippen molar-refractivity contribution in [2.45, 2.75) is 43.7 Å². The van der Waals surface area contributed by atoms with Crippen molar-refractivity contribution >= 4 is 11.6 Å². The lowest BCUT2D eigenvalue weighted by Gasteiger charge is -2.43. The molecule has 1 unspecified atom stereocenters. The smallest absolute Gasteiger partial charge is 0.379 e. The Morgan fingerprint density at radius 3 is 2.53 bits per heavy atom. The Hall–Kier alpha value is -3.31. The minimum Gasteiger partial charge on any atom is -0.379 e. The summed E-state index contributed by atoms with van der Waals surface area (Å²) in [6.45, 7) is 2.05. The first-order chi connectivity index (χ1) is 18.2. The topological polar surface area (TPSA) is 63.5 Å². The Balaban J connectivity index is 1.34. The lowest BCUT2D eigenvalue weighted by molar-refractivity contribution is -0.138. The van der Waals surface area contributed by atoms with Crippen LogP contribution in [0.15, 0.2) is 42.7 Å². The van der Waals surface area contributed by atoms with Crippen LogP contribution in [0.3, 0.4) is 0 Å². The predicted molar refractivity (Wildman–Crippen MR) is 130 cm³/mol. The monoisotopic (exact) mass is 529 g/mol. The second-order valence-corrected chi connectivity index (χ2v) is 10.4. The van der Waals surface area contributed by atoms with Crippen LogP contribution in [0, 0.1) is 0 Å². The lowest BCUT2D eigenvalue weighted by Crippen LogP contribution is -2.50. The number of halogens is 4. The van der Waals surface area contributed by atoms with Gasteiger partial charge in [0.15, 0.2) is 12.0 Å². The van der Waals surface area contributed by atoms with E-state index in [1.54, 1.807) is 37.4 Å². The van der Waals surface area contributed by atoms with Crippen molar-refractivity contribution in [2.24, 2.45) is 7.05 Å². The van der Waals surface area contributed by atoms with Crippen LogP contribution in [0.2, 0.25) is 0 Å². The summed E-state index contributed by atoms with van der Waals surface area (Å²) >= 11 is 0. The van der Waals surface area contributed by atoms with Gasteiger partial charge in [-0.25, -0.2) is 4.39 Å². The number of hydrogen-bond donors (Lipinski definition) is 0. The van der Waals surface area contributed by atoms with Gasteiger partial charge in [-0.1, -0.05) is 12.1 Å². The van der Waals surface area contributed by atoms with E-state index in [-0.39, 0.29) is 36.7 Å². The van der Waals surface area contributed by atoms with Crippen LogP contribution in [0.5, 0.6) is 0 Å². The molecule has 1 atom stereocenters. The molecule has 1 aromatic heterocycles. The van der Waals surface area contributed by atoms with E-state index in [1.807, 2.05) is 0 Å². The number of benzene rings is 2. The summed E-state index contributed by atoms with van der Waals surface area (Å²) in [6.07, 6.45) is -2.65. The number of hydrogen-bond acceptors (Lipinski definition) is 5. The molecule has 1 amide bonds. The first-order valence-electron chi connectivity index (χ1n) is 12.6. The van der Waals surface area contributed by atoms with Crippen molar-refractivity contribution in [3.63, 3.8) is 0 Å². The molecule has 6 rings (SSSR count). The molecule has 2 aromatic carbocycles. The van der Waals surface area contributed by atoms with Gasteiger partial charge in [-0.2, -0.15) is 13.2 Å². The highest BCUT2D eigenvalue weighted by molar-refractivity contribution is 6.10. The number of carbonyl (C=O) groups is 1. The van der Waals surface area contributed by atoms with Crippen LogP contribution in [-0.2, 0) is 36.5 Å². The van der Waals surface area contributed by atoms with Gasteiger partial charge >= 0.3 is 6.18 Å². The fourth-order valence-corrected chi connectivity index (χ4v) is 5.75. The van der Waals surface area contributed by atoms with Gasteiger partial charge < -0.3 is 14.2 Å². The molecule has 0 radical (unpaired) electrons. The first-order valence-corrected chi connectivity index (χ1v) is 12.6. The fraction of sp³-hybridized carbons (Fsp3) is 0.444. The number of rotatable bonds is 6. The molecule has 3 aromatic rings. The Morgan fingerprint density at radius 2 is 1.89 bits per heavy atom. The van der Waals surface area contributed by atoms with Crippen LogP contribution in [-0.4, -0.2) is 51.9 Å². The number of amides is 1. The molecule has 2 saturated heterocycles. The van der Waals surface area contributed by atoms with Gasteiger partial charge in [-0.15, -0.1) is 10.2 Å². The maximum Gasteiger partial charge on any atom is 0.416 e. The van der Waals surface area contributed by atoms with Crippen molar-refractivity contribution < 1.29 is 27.1 Å². The third kappa shape index (κ3) is 4.08. The zero-order valence-electron chi connectivity index (χ0n) is 20.8. The van der Waals surface area contributed by atoms with Gasteiger partial charge in [0.2, 0.25) is 0 Å². The number of fused-ring (bicyclic) bond motifs is 1. The molecule has 0 aliphatic carbocycles. The molecule has 7 nitrogen and oxygen atoms in total. The summed E-state index contributed by atoms with van der Waals surface area (Å²) in [5, 5.41) is 7.69. The molecule has 200 valence electrons. The SMILES string of the molecule is Cn1cnnc1C(F)C1(c2cccc(N3Cc4c(cc(CN5CCCC5)cc4C(F)(F)F)C3=O)c2)COC1. The predicted octanol–water partition coefficient (Wildman–Crippen LogP) is 4.57. The van der Waals surface area contributed by atoms with Crippen molar-refractivity contribution in [3.05, 3.63) is 76.4 Å². The zero-order valence-corrected chi connectivity index (χ0v) is 20.8. The quantitative estimate of drug-likeness (QED) is 0.438. The number of ether oxygens (including phenoxy) is 1. The number of nitrogens with zero attached hydrogens (tertiary/aromatic N) is 5. The maximum absolute atomic E-state index is 15.8. The summed E-state index contributed by atoms with van der Waals surface area (Å²) in [6, 6.07) is 9.55. The van der Waals surface area contributed by atoms with E-state index >= 15 is 4.39 Å². The summed E-state index contributed by atoms with van der Waals surface area (Å²) in [5.41, 5.74) is -0.277. The van der Waals surface area contributed by atoms with Crippen molar-refractivity contribution in [3.8, 4) is 0 Å². The maximum atomic E-state index is 15.8. The van der Waals surface area contributed by atoms with E-state index in [0.29, 0.717) is 23.4 Å². The van der Waals surface area contributed by atoms with Crippen molar-refractivity contribution in [1.82, 2.24) is 19.7 Å². The number of carbonyl (C=O) groups excluding carboxylic acids is 1. The summed E-state index contributed by atoms with van der Waals surface area (Å²) < 4.78 is 65.0. The molecular weight excluding hydrogens is 502 g/mol. The molecule has 3 aliphatic rings. The molecule has 3 aliphatic heterocycles. The molecule has 0 N–H and O–H groups in total. The number of anilines is 1. The van der Waals surface area contributed by atoms with Crippen LogP contribution < -0.4 is 4.90 Å². The average Bonchev–Trinajstić information content (AvgIpc) is 3.59.